The highest BCUT2D eigenvalue weighted by Gasteiger charge is 2.67. The van der Waals surface area contributed by atoms with E-state index in [1.807, 2.05) is 6.92 Å². The van der Waals surface area contributed by atoms with Gasteiger partial charge in [0.05, 0.1) is 18.8 Å². The van der Waals surface area contributed by atoms with Crippen LogP contribution in [-0.4, -0.2) is 34.1 Å². The second-order valence-corrected chi connectivity index (χ2v) is 14.8. The van der Waals surface area contributed by atoms with Crippen molar-refractivity contribution in [3.63, 3.8) is 0 Å². The molecule has 3 fully saturated rings. The molecule has 186 valence electrons. The molecule has 0 heterocycles. The molecule has 0 aromatic rings. The van der Waals surface area contributed by atoms with Crippen molar-refractivity contribution in [3.05, 3.63) is 23.3 Å². The van der Waals surface area contributed by atoms with E-state index in [1.54, 1.807) is 5.57 Å². The summed E-state index contributed by atoms with van der Waals surface area (Å²) in [6.07, 6.45) is 12.5. The van der Waals surface area contributed by atoms with Crippen LogP contribution >= 0.6 is 0 Å². The molecule has 0 aromatic heterocycles. The largest absolute Gasteiger partial charge is 0.395 e. The molecule has 5 aliphatic carbocycles. The van der Waals surface area contributed by atoms with E-state index >= 15 is 0 Å². The molecule has 9 unspecified atom stereocenters. The van der Waals surface area contributed by atoms with Crippen LogP contribution in [0, 0.1) is 44.3 Å². The molecular formula is C30H48O3. The fraction of sp³-hybridized carbons (Fsp3) is 0.867. The third kappa shape index (κ3) is 2.91. The summed E-state index contributed by atoms with van der Waals surface area (Å²) in [6, 6.07) is 0. The lowest BCUT2D eigenvalue weighted by Gasteiger charge is -2.69. The van der Waals surface area contributed by atoms with Crippen LogP contribution in [0.25, 0.3) is 0 Å². The number of hydrogen-bond acceptors (Lipinski definition) is 3. The average Bonchev–Trinajstić information content (AvgIpc) is 2.73. The van der Waals surface area contributed by atoms with E-state index in [4.69, 9.17) is 0 Å². The Kier molecular flexibility index (Phi) is 5.09. The molecule has 0 saturated heterocycles. The van der Waals surface area contributed by atoms with Crippen molar-refractivity contribution in [2.24, 2.45) is 44.3 Å². The molecule has 0 bridgehead atoms. The summed E-state index contributed by atoms with van der Waals surface area (Å²) in [5.41, 5.74) is 3.09. The summed E-state index contributed by atoms with van der Waals surface area (Å²) in [6.45, 7) is 16.7. The van der Waals surface area contributed by atoms with Gasteiger partial charge in [0.2, 0.25) is 0 Å². The Morgan fingerprint density at radius 2 is 1.55 bits per heavy atom. The maximum Gasteiger partial charge on any atom is 0.0912 e. The number of aliphatic hydroxyl groups is 3. The van der Waals surface area contributed by atoms with Gasteiger partial charge in [0, 0.05) is 5.41 Å². The molecule has 0 aromatic carbocycles. The number of allylic oxidation sites excluding steroid dienone is 3. The second-order valence-electron chi connectivity index (χ2n) is 14.8. The molecule has 3 heteroatoms. The van der Waals surface area contributed by atoms with Gasteiger partial charge < -0.3 is 15.3 Å². The Balaban J connectivity index is 1.61. The Bertz CT molecular complexity index is 902. The highest BCUT2D eigenvalue weighted by atomic mass is 16.3. The molecule has 33 heavy (non-hydrogen) atoms. The van der Waals surface area contributed by atoms with E-state index in [0.717, 1.165) is 12.8 Å². The Hall–Kier alpha value is -0.640. The van der Waals surface area contributed by atoms with E-state index in [0.29, 0.717) is 29.1 Å². The molecule has 3 N–H and O–H groups in total. The zero-order valence-corrected chi connectivity index (χ0v) is 22.2. The highest BCUT2D eigenvalue weighted by Crippen LogP contribution is 2.74. The minimum atomic E-state index is -0.906. The molecule has 3 nitrogen and oxygen atoms in total. The first kappa shape index (κ1) is 24.1. The molecule has 0 radical (unpaired) electrons. The number of rotatable bonds is 1. The zero-order chi connectivity index (χ0) is 24.2. The monoisotopic (exact) mass is 456 g/mol. The minimum Gasteiger partial charge on any atom is -0.395 e. The van der Waals surface area contributed by atoms with Gasteiger partial charge in [-0.15, -0.1) is 0 Å². The Morgan fingerprint density at radius 1 is 0.879 bits per heavy atom. The molecule has 0 aliphatic heterocycles. The third-order valence-corrected chi connectivity index (χ3v) is 12.5. The lowest BCUT2D eigenvalue weighted by atomic mass is 9.35. The van der Waals surface area contributed by atoms with Crippen molar-refractivity contribution in [2.75, 3.05) is 6.61 Å². The molecule has 0 amide bonds. The fourth-order valence-corrected chi connectivity index (χ4v) is 9.93. The SMILES string of the molecule is CC1(C)CCC2(C)CCC3(C)C(=CCC4C5(C)CC(O)C(O)C(C)(CO)C5=CCC43C)C2C1. The lowest BCUT2D eigenvalue weighted by Crippen LogP contribution is -2.64. The van der Waals surface area contributed by atoms with Crippen molar-refractivity contribution in [2.45, 2.75) is 112 Å². The van der Waals surface area contributed by atoms with Crippen LogP contribution in [0.3, 0.4) is 0 Å². The predicted molar refractivity (Wildman–Crippen MR) is 133 cm³/mol. The van der Waals surface area contributed by atoms with Gasteiger partial charge in [-0.05, 0) is 90.3 Å². The number of aliphatic hydroxyl groups excluding tert-OH is 3. The van der Waals surface area contributed by atoms with Gasteiger partial charge in [-0.3, -0.25) is 0 Å². The van der Waals surface area contributed by atoms with E-state index in [-0.39, 0.29) is 22.9 Å². The van der Waals surface area contributed by atoms with E-state index in [2.05, 4.69) is 53.7 Å². The van der Waals surface area contributed by atoms with Crippen molar-refractivity contribution < 1.29 is 15.3 Å². The first-order chi connectivity index (χ1) is 15.2. The average molecular weight is 457 g/mol. The van der Waals surface area contributed by atoms with Gasteiger partial charge in [0.15, 0.2) is 0 Å². The molecule has 5 aliphatic rings. The zero-order valence-electron chi connectivity index (χ0n) is 22.2. The van der Waals surface area contributed by atoms with Crippen LogP contribution in [0.15, 0.2) is 23.3 Å². The first-order valence-corrected chi connectivity index (χ1v) is 13.6. The van der Waals surface area contributed by atoms with Gasteiger partial charge in [0.25, 0.3) is 0 Å². The van der Waals surface area contributed by atoms with Crippen LogP contribution in [0.1, 0.15) is 99.8 Å². The van der Waals surface area contributed by atoms with Gasteiger partial charge >= 0.3 is 0 Å². The fourth-order valence-electron chi connectivity index (χ4n) is 9.93. The normalized spacial score (nSPS) is 55.3. The Labute approximate surface area is 201 Å². The van der Waals surface area contributed by atoms with E-state index in [1.165, 1.54) is 37.7 Å². The molecule has 9 atom stereocenters. The summed E-state index contributed by atoms with van der Waals surface area (Å²) >= 11 is 0. The molecule has 0 spiro atoms. The van der Waals surface area contributed by atoms with E-state index < -0.39 is 17.6 Å². The van der Waals surface area contributed by atoms with Crippen molar-refractivity contribution >= 4 is 0 Å². The lowest BCUT2D eigenvalue weighted by molar-refractivity contribution is -0.155. The minimum absolute atomic E-state index is 0.121. The molecule has 5 rings (SSSR count). The van der Waals surface area contributed by atoms with Crippen molar-refractivity contribution in [1.29, 1.82) is 0 Å². The third-order valence-electron chi connectivity index (χ3n) is 12.5. The molecule has 3 saturated carbocycles. The maximum absolute atomic E-state index is 11.0. The smallest absolute Gasteiger partial charge is 0.0912 e. The summed E-state index contributed by atoms with van der Waals surface area (Å²) in [5.74, 6) is 1.09. The second kappa shape index (κ2) is 6.98. The summed E-state index contributed by atoms with van der Waals surface area (Å²) in [4.78, 5) is 0. The van der Waals surface area contributed by atoms with Gasteiger partial charge in [-0.25, -0.2) is 0 Å². The van der Waals surface area contributed by atoms with Crippen LogP contribution < -0.4 is 0 Å². The van der Waals surface area contributed by atoms with Crippen molar-refractivity contribution in [3.8, 4) is 0 Å². The van der Waals surface area contributed by atoms with E-state index in [9.17, 15) is 15.3 Å². The number of fused-ring (bicyclic) bond motifs is 7. The summed E-state index contributed by atoms with van der Waals surface area (Å²) in [7, 11) is 0. The van der Waals surface area contributed by atoms with Crippen molar-refractivity contribution in [1.82, 2.24) is 0 Å². The van der Waals surface area contributed by atoms with Crippen LogP contribution in [0.4, 0.5) is 0 Å². The summed E-state index contributed by atoms with van der Waals surface area (Å²) < 4.78 is 0. The Morgan fingerprint density at radius 3 is 2.21 bits per heavy atom. The predicted octanol–water partition coefficient (Wildman–Crippen LogP) is 6.03. The molecular weight excluding hydrogens is 408 g/mol. The topological polar surface area (TPSA) is 60.7 Å². The quantitative estimate of drug-likeness (QED) is 0.422. The van der Waals surface area contributed by atoms with Crippen LogP contribution in [0.5, 0.6) is 0 Å². The number of hydrogen-bond donors (Lipinski definition) is 3. The van der Waals surface area contributed by atoms with Gasteiger partial charge in [-0.2, -0.15) is 0 Å². The van der Waals surface area contributed by atoms with Crippen LogP contribution in [0.2, 0.25) is 0 Å². The van der Waals surface area contributed by atoms with Gasteiger partial charge in [0.1, 0.15) is 0 Å². The van der Waals surface area contributed by atoms with Gasteiger partial charge in [-0.1, -0.05) is 71.8 Å². The van der Waals surface area contributed by atoms with Crippen LogP contribution in [-0.2, 0) is 0 Å². The first-order valence-electron chi connectivity index (χ1n) is 13.6. The highest BCUT2D eigenvalue weighted by molar-refractivity contribution is 5.40. The summed E-state index contributed by atoms with van der Waals surface area (Å²) in [5, 5.41) is 32.2. The maximum atomic E-state index is 11.0. The standard InChI is InChI=1S/C30H48O3/c1-25(2)12-13-26(3)14-15-29(6)19(20(26)16-25)8-9-23-27(4)17-21(32)24(33)28(5,18-31)22(27)10-11-30(23,29)7/h8,10,20-21,23-24,31-33H,9,11-18H2,1-7H3.